The molecule has 21 heavy (non-hydrogen) atoms. The highest BCUT2D eigenvalue weighted by Gasteiger charge is 2.11. The number of anilines is 2. The van der Waals surface area contributed by atoms with Crippen LogP contribution in [0.4, 0.5) is 11.4 Å². The Morgan fingerprint density at radius 1 is 1.14 bits per heavy atom. The van der Waals surface area contributed by atoms with Gasteiger partial charge in [-0.3, -0.25) is 0 Å². The third-order valence-corrected chi connectivity index (χ3v) is 4.18. The average molecular weight is 347 g/mol. The first kappa shape index (κ1) is 16.1. The molecule has 1 atom stereocenters. The normalized spacial score (nSPS) is 12.2. The van der Waals surface area contributed by atoms with E-state index < -0.39 is 0 Å². The second-order valence-electron chi connectivity index (χ2n) is 5.53. The predicted octanol–water partition coefficient (Wildman–Crippen LogP) is 4.67. The number of hydrogen-bond acceptors (Lipinski definition) is 2. The van der Waals surface area contributed by atoms with Crippen molar-refractivity contribution in [1.29, 1.82) is 0 Å². The van der Waals surface area contributed by atoms with E-state index in [0.29, 0.717) is 0 Å². The van der Waals surface area contributed by atoms with Gasteiger partial charge in [0.05, 0.1) is 0 Å². The maximum Gasteiger partial charge on any atom is 0.0452 e. The first-order chi connectivity index (χ1) is 10.0. The van der Waals surface area contributed by atoms with Crippen molar-refractivity contribution in [2.24, 2.45) is 5.73 Å². The summed E-state index contributed by atoms with van der Waals surface area (Å²) in [6, 6.07) is 15.3. The van der Waals surface area contributed by atoms with Crippen molar-refractivity contribution in [3.8, 4) is 0 Å². The van der Waals surface area contributed by atoms with E-state index in [2.05, 4.69) is 77.3 Å². The quantitative estimate of drug-likeness (QED) is 0.852. The van der Waals surface area contributed by atoms with Crippen LogP contribution < -0.4 is 10.6 Å². The number of aryl methyl sites for hydroxylation is 1. The average Bonchev–Trinajstić information content (AvgIpc) is 2.48. The van der Waals surface area contributed by atoms with E-state index in [0.717, 1.165) is 17.3 Å². The smallest absolute Gasteiger partial charge is 0.0452 e. The van der Waals surface area contributed by atoms with Gasteiger partial charge in [0.1, 0.15) is 0 Å². The largest absolute Gasteiger partial charge is 0.344 e. The van der Waals surface area contributed by atoms with Gasteiger partial charge in [-0.2, -0.15) is 0 Å². The zero-order valence-corrected chi connectivity index (χ0v) is 14.5. The Bertz CT molecular complexity index is 591. The molecule has 3 heteroatoms. The number of benzene rings is 2. The summed E-state index contributed by atoms with van der Waals surface area (Å²) in [6.07, 6.45) is 1.94. The molecule has 0 aliphatic heterocycles. The Kier molecular flexibility index (Phi) is 5.43. The van der Waals surface area contributed by atoms with Gasteiger partial charge in [-0.05, 0) is 55.2 Å². The van der Waals surface area contributed by atoms with E-state index in [1.54, 1.807) is 0 Å². The minimum atomic E-state index is 0.154. The molecule has 0 fully saturated rings. The Hall–Kier alpha value is -1.32. The standard InChI is InChI=1S/C18H23BrN2/c1-4-14-5-9-17(10-6-14)21(3)18-12-16(19)8-7-15(18)11-13(2)20/h5-10,12-13H,4,11,20H2,1-3H3. The lowest BCUT2D eigenvalue weighted by molar-refractivity contribution is 0.737. The molecule has 0 amide bonds. The van der Waals surface area contributed by atoms with Crippen molar-refractivity contribution in [2.75, 3.05) is 11.9 Å². The molecular weight excluding hydrogens is 324 g/mol. The highest BCUT2D eigenvalue weighted by molar-refractivity contribution is 9.10. The first-order valence-corrected chi connectivity index (χ1v) is 8.17. The molecule has 0 radical (unpaired) electrons. The maximum absolute atomic E-state index is 5.98. The summed E-state index contributed by atoms with van der Waals surface area (Å²) in [7, 11) is 2.10. The van der Waals surface area contributed by atoms with Gasteiger partial charge in [-0.1, -0.05) is 41.1 Å². The molecule has 0 heterocycles. The maximum atomic E-state index is 5.98. The highest BCUT2D eigenvalue weighted by atomic mass is 79.9. The highest BCUT2D eigenvalue weighted by Crippen LogP contribution is 2.30. The van der Waals surface area contributed by atoms with Gasteiger partial charge < -0.3 is 10.6 Å². The molecule has 2 nitrogen and oxygen atoms in total. The second-order valence-corrected chi connectivity index (χ2v) is 6.45. The molecule has 0 aromatic heterocycles. The number of nitrogens with zero attached hydrogens (tertiary/aromatic N) is 1. The molecule has 2 rings (SSSR count). The van der Waals surface area contributed by atoms with Crippen LogP contribution in [-0.4, -0.2) is 13.1 Å². The molecule has 0 saturated carbocycles. The van der Waals surface area contributed by atoms with Crippen molar-refractivity contribution < 1.29 is 0 Å². The minimum Gasteiger partial charge on any atom is -0.344 e. The third kappa shape index (κ3) is 4.08. The molecule has 2 aromatic carbocycles. The van der Waals surface area contributed by atoms with Gasteiger partial charge in [-0.25, -0.2) is 0 Å². The molecule has 0 aliphatic rings. The molecule has 2 N–H and O–H groups in total. The fourth-order valence-corrected chi connectivity index (χ4v) is 2.81. The number of halogens is 1. The van der Waals surface area contributed by atoms with Crippen molar-refractivity contribution in [3.63, 3.8) is 0 Å². The first-order valence-electron chi connectivity index (χ1n) is 7.38. The van der Waals surface area contributed by atoms with Gasteiger partial charge >= 0.3 is 0 Å². The van der Waals surface area contributed by atoms with Crippen LogP contribution in [0.3, 0.4) is 0 Å². The van der Waals surface area contributed by atoms with E-state index >= 15 is 0 Å². The van der Waals surface area contributed by atoms with Crippen LogP contribution in [0.5, 0.6) is 0 Å². The lowest BCUT2D eigenvalue weighted by atomic mass is 10.0. The van der Waals surface area contributed by atoms with Crippen LogP contribution in [0.25, 0.3) is 0 Å². The van der Waals surface area contributed by atoms with Crippen LogP contribution in [-0.2, 0) is 12.8 Å². The molecular formula is C18H23BrN2. The molecule has 0 aliphatic carbocycles. The van der Waals surface area contributed by atoms with Crippen LogP contribution in [0.1, 0.15) is 25.0 Å². The molecule has 0 bridgehead atoms. The monoisotopic (exact) mass is 346 g/mol. The fourth-order valence-electron chi connectivity index (χ4n) is 2.46. The number of nitrogens with two attached hydrogens (primary N) is 1. The van der Waals surface area contributed by atoms with E-state index in [1.807, 2.05) is 6.92 Å². The molecule has 0 saturated heterocycles. The Morgan fingerprint density at radius 2 is 1.81 bits per heavy atom. The molecule has 1 unspecified atom stereocenters. The number of rotatable bonds is 5. The summed E-state index contributed by atoms with van der Waals surface area (Å²) in [5, 5.41) is 0. The van der Waals surface area contributed by atoms with Gasteiger partial charge in [0.25, 0.3) is 0 Å². The van der Waals surface area contributed by atoms with Crippen molar-refractivity contribution in [3.05, 3.63) is 58.1 Å². The molecule has 0 spiro atoms. The summed E-state index contributed by atoms with van der Waals surface area (Å²) in [6.45, 7) is 4.22. The summed E-state index contributed by atoms with van der Waals surface area (Å²) in [4.78, 5) is 2.22. The Labute approximate surface area is 136 Å². The summed E-state index contributed by atoms with van der Waals surface area (Å²) in [5.74, 6) is 0. The minimum absolute atomic E-state index is 0.154. The van der Waals surface area contributed by atoms with Crippen LogP contribution >= 0.6 is 15.9 Å². The van der Waals surface area contributed by atoms with Gasteiger partial charge in [0, 0.05) is 28.9 Å². The lowest BCUT2D eigenvalue weighted by Gasteiger charge is -2.24. The summed E-state index contributed by atoms with van der Waals surface area (Å²) in [5.41, 5.74) is 11.0. The van der Waals surface area contributed by atoms with Gasteiger partial charge in [0.15, 0.2) is 0 Å². The van der Waals surface area contributed by atoms with Gasteiger partial charge in [-0.15, -0.1) is 0 Å². The predicted molar refractivity (Wildman–Crippen MR) is 95.4 cm³/mol. The van der Waals surface area contributed by atoms with Crippen LogP contribution in [0.2, 0.25) is 0 Å². The SMILES string of the molecule is CCc1ccc(N(C)c2cc(Br)ccc2CC(C)N)cc1. The lowest BCUT2D eigenvalue weighted by Crippen LogP contribution is -2.20. The Balaban J connectivity index is 2.36. The van der Waals surface area contributed by atoms with Gasteiger partial charge in [0.2, 0.25) is 0 Å². The number of hydrogen-bond donors (Lipinski definition) is 1. The van der Waals surface area contributed by atoms with Crippen LogP contribution in [0, 0.1) is 0 Å². The van der Waals surface area contributed by atoms with Crippen molar-refractivity contribution >= 4 is 27.3 Å². The van der Waals surface area contributed by atoms with Crippen molar-refractivity contribution in [2.45, 2.75) is 32.7 Å². The zero-order valence-electron chi connectivity index (χ0n) is 12.9. The summed E-state index contributed by atoms with van der Waals surface area (Å²) < 4.78 is 1.09. The van der Waals surface area contributed by atoms with E-state index in [1.165, 1.54) is 22.5 Å². The van der Waals surface area contributed by atoms with E-state index in [4.69, 9.17) is 5.73 Å². The van der Waals surface area contributed by atoms with Crippen LogP contribution in [0.15, 0.2) is 46.9 Å². The second kappa shape index (κ2) is 7.10. The third-order valence-electron chi connectivity index (χ3n) is 3.68. The molecule has 2 aromatic rings. The van der Waals surface area contributed by atoms with E-state index in [-0.39, 0.29) is 6.04 Å². The topological polar surface area (TPSA) is 29.3 Å². The zero-order chi connectivity index (χ0) is 15.4. The fraction of sp³-hybridized carbons (Fsp3) is 0.333. The Morgan fingerprint density at radius 3 is 2.38 bits per heavy atom. The van der Waals surface area contributed by atoms with Crippen molar-refractivity contribution in [1.82, 2.24) is 0 Å². The summed E-state index contributed by atoms with van der Waals surface area (Å²) >= 11 is 3.57. The molecule has 112 valence electrons. The van der Waals surface area contributed by atoms with E-state index in [9.17, 15) is 0 Å².